The molecule has 1 saturated heterocycles. The van der Waals surface area contributed by atoms with Gasteiger partial charge < -0.3 is 5.11 Å². The van der Waals surface area contributed by atoms with Crippen molar-refractivity contribution in [2.75, 3.05) is 11.5 Å². The Morgan fingerprint density at radius 1 is 1.75 bits per heavy atom. The van der Waals surface area contributed by atoms with Crippen molar-refractivity contribution >= 4 is 17.7 Å². The number of carbonyl (C=O) groups is 1. The number of hydrogen-bond donors (Lipinski definition) is 1. The highest BCUT2D eigenvalue weighted by atomic mass is 32.2. The highest BCUT2D eigenvalue weighted by molar-refractivity contribution is 8.00. The zero-order valence-corrected chi connectivity index (χ0v) is 8.06. The van der Waals surface area contributed by atoms with Gasteiger partial charge in [-0.1, -0.05) is 6.92 Å². The minimum atomic E-state index is -0.642. The van der Waals surface area contributed by atoms with Crippen LogP contribution in [0.3, 0.4) is 0 Å². The van der Waals surface area contributed by atoms with Crippen LogP contribution >= 0.6 is 11.8 Å². The summed E-state index contributed by atoms with van der Waals surface area (Å²) in [6.45, 7) is 2.08. The Bertz CT molecular complexity index is 211. The fraction of sp³-hybridized carbons (Fsp3) is 0.889. The summed E-state index contributed by atoms with van der Waals surface area (Å²) in [5.74, 6) is 3.03. The van der Waals surface area contributed by atoms with E-state index in [4.69, 9.17) is 5.11 Å². The van der Waals surface area contributed by atoms with Gasteiger partial charge in [-0.05, 0) is 23.7 Å². The smallest absolute Gasteiger partial charge is 0.303 e. The third-order valence-electron chi connectivity index (χ3n) is 3.22. The highest BCUT2D eigenvalue weighted by Crippen LogP contribution is 2.65. The van der Waals surface area contributed by atoms with Crippen LogP contribution in [0.2, 0.25) is 0 Å². The van der Waals surface area contributed by atoms with E-state index >= 15 is 0 Å². The second-order valence-electron chi connectivity index (χ2n) is 4.24. The predicted molar refractivity (Wildman–Crippen MR) is 49.3 cm³/mol. The van der Waals surface area contributed by atoms with Crippen LogP contribution < -0.4 is 0 Å². The van der Waals surface area contributed by atoms with E-state index in [0.29, 0.717) is 17.8 Å². The van der Waals surface area contributed by atoms with Crippen LogP contribution in [0.15, 0.2) is 0 Å². The lowest BCUT2D eigenvalue weighted by molar-refractivity contribution is -0.138. The molecule has 0 radical (unpaired) electrons. The number of thioether (sulfide) groups is 1. The van der Waals surface area contributed by atoms with E-state index in [1.807, 2.05) is 11.8 Å². The zero-order chi connectivity index (χ0) is 8.77. The number of rotatable bonds is 3. The largest absolute Gasteiger partial charge is 0.481 e. The fourth-order valence-electron chi connectivity index (χ4n) is 2.30. The summed E-state index contributed by atoms with van der Waals surface area (Å²) in [4.78, 5) is 10.5. The molecule has 0 aromatic rings. The maximum absolute atomic E-state index is 10.5. The van der Waals surface area contributed by atoms with Gasteiger partial charge in [-0.25, -0.2) is 0 Å². The van der Waals surface area contributed by atoms with Gasteiger partial charge >= 0.3 is 5.97 Å². The molecule has 1 N–H and O–H groups in total. The van der Waals surface area contributed by atoms with Crippen molar-refractivity contribution < 1.29 is 9.90 Å². The van der Waals surface area contributed by atoms with Gasteiger partial charge in [0.15, 0.2) is 0 Å². The molecule has 1 spiro atoms. The molecule has 1 aliphatic heterocycles. The molecule has 2 unspecified atom stereocenters. The number of carboxylic acid groups (broad SMARTS) is 1. The average Bonchev–Trinajstić information content (AvgIpc) is 2.56. The van der Waals surface area contributed by atoms with Crippen molar-refractivity contribution in [3.63, 3.8) is 0 Å². The zero-order valence-electron chi connectivity index (χ0n) is 7.25. The van der Waals surface area contributed by atoms with Crippen LogP contribution in [-0.2, 0) is 4.79 Å². The van der Waals surface area contributed by atoms with E-state index in [0.717, 1.165) is 5.92 Å². The second-order valence-corrected chi connectivity index (χ2v) is 5.23. The Hall–Kier alpha value is -0.180. The Morgan fingerprint density at radius 2 is 2.42 bits per heavy atom. The molecule has 2 nitrogen and oxygen atoms in total. The molecule has 0 bridgehead atoms. The molecule has 2 rings (SSSR count). The molecular formula is C9H14O2S. The Kier molecular flexibility index (Phi) is 1.86. The minimum Gasteiger partial charge on any atom is -0.481 e. The topological polar surface area (TPSA) is 37.3 Å². The molecule has 2 fully saturated rings. The van der Waals surface area contributed by atoms with Gasteiger partial charge in [0.25, 0.3) is 0 Å². The van der Waals surface area contributed by atoms with Crippen molar-refractivity contribution in [2.45, 2.75) is 19.8 Å². The lowest BCUT2D eigenvalue weighted by atomic mass is 9.95. The van der Waals surface area contributed by atoms with Crippen molar-refractivity contribution in [2.24, 2.45) is 17.3 Å². The molecule has 68 valence electrons. The van der Waals surface area contributed by atoms with Crippen molar-refractivity contribution in [3.05, 3.63) is 0 Å². The molecule has 2 atom stereocenters. The van der Waals surface area contributed by atoms with E-state index in [2.05, 4.69) is 6.92 Å². The summed E-state index contributed by atoms with van der Waals surface area (Å²) in [6, 6.07) is 0. The highest BCUT2D eigenvalue weighted by Gasteiger charge is 2.59. The van der Waals surface area contributed by atoms with Gasteiger partial charge in [-0.3, -0.25) is 4.79 Å². The van der Waals surface area contributed by atoms with E-state index < -0.39 is 5.97 Å². The monoisotopic (exact) mass is 186 g/mol. The Balaban J connectivity index is 1.83. The summed E-state index contributed by atoms with van der Waals surface area (Å²) < 4.78 is 0. The van der Waals surface area contributed by atoms with Crippen LogP contribution in [-0.4, -0.2) is 22.6 Å². The second kappa shape index (κ2) is 2.66. The van der Waals surface area contributed by atoms with Crippen LogP contribution in [0, 0.1) is 17.3 Å². The molecule has 12 heavy (non-hydrogen) atoms. The SMILES string of the molecule is CC(CC(=O)O)C1CC12CSC2. The van der Waals surface area contributed by atoms with Gasteiger partial charge in [-0.2, -0.15) is 11.8 Å². The summed E-state index contributed by atoms with van der Waals surface area (Å²) in [6.07, 6.45) is 1.64. The number of hydrogen-bond acceptors (Lipinski definition) is 2. The van der Waals surface area contributed by atoms with E-state index in [-0.39, 0.29) is 0 Å². The van der Waals surface area contributed by atoms with Crippen LogP contribution in [0.25, 0.3) is 0 Å². The lowest BCUT2D eigenvalue weighted by Crippen LogP contribution is -2.24. The van der Waals surface area contributed by atoms with Gasteiger partial charge in [0.2, 0.25) is 0 Å². The average molecular weight is 186 g/mol. The maximum atomic E-state index is 10.5. The van der Waals surface area contributed by atoms with Gasteiger partial charge in [0, 0.05) is 17.9 Å². The normalized spacial score (nSPS) is 32.6. The summed E-state index contributed by atoms with van der Waals surface area (Å²) in [5.41, 5.74) is 0.597. The van der Waals surface area contributed by atoms with E-state index in [9.17, 15) is 4.79 Å². The third kappa shape index (κ3) is 1.24. The Labute approximate surface area is 76.7 Å². The molecule has 3 heteroatoms. The number of carboxylic acids is 1. The van der Waals surface area contributed by atoms with Gasteiger partial charge in [-0.15, -0.1) is 0 Å². The first-order valence-electron chi connectivity index (χ1n) is 4.44. The summed E-state index contributed by atoms with van der Waals surface area (Å²) in [5, 5.41) is 8.62. The first kappa shape index (κ1) is 8.42. The molecule has 1 saturated carbocycles. The molecular weight excluding hydrogens is 172 g/mol. The van der Waals surface area contributed by atoms with E-state index in [1.54, 1.807) is 0 Å². The third-order valence-corrected chi connectivity index (χ3v) is 4.77. The molecule has 0 aromatic heterocycles. The molecule has 1 aliphatic carbocycles. The molecule has 0 aromatic carbocycles. The predicted octanol–water partition coefficient (Wildman–Crippen LogP) is 1.85. The fourth-order valence-corrected chi connectivity index (χ4v) is 3.69. The standard InChI is InChI=1S/C9H14O2S/c1-6(2-8(10)11)7-3-9(7)4-12-5-9/h6-7H,2-5H2,1H3,(H,10,11). The lowest BCUT2D eigenvalue weighted by Gasteiger charge is -2.27. The number of aliphatic carboxylic acids is 1. The van der Waals surface area contributed by atoms with Crippen LogP contribution in [0.1, 0.15) is 19.8 Å². The summed E-state index contributed by atoms with van der Waals surface area (Å²) in [7, 11) is 0. The van der Waals surface area contributed by atoms with Crippen LogP contribution in [0.4, 0.5) is 0 Å². The van der Waals surface area contributed by atoms with Gasteiger partial charge in [0.1, 0.15) is 0 Å². The molecule has 2 aliphatic rings. The minimum absolute atomic E-state index is 0.358. The first-order chi connectivity index (χ1) is 5.64. The Morgan fingerprint density at radius 3 is 2.75 bits per heavy atom. The van der Waals surface area contributed by atoms with Crippen molar-refractivity contribution in [1.82, 2.24) is 0 Å². The van der Waals surface area contributed by atoms with Crippen LogP contribution in [0.5, 0.6) is 0 Å². The van der Waals surface area contributed by atoms with Crippen molar-refractivity contribution in [1.29, 1.82) is 0 Å². The van der Waals surface area contributed by atoms with E-state index in [1.165, 1.54) is 17.9 Å². The van der Waals surface area contributed by atoms with Gasteiger partial charge in [0.05, 0.1) is 0 Å². The first-order valence-corrected chi connectivity index (χ1v) is 5.59. The molecule has 1 heterocycles. The quantitative estimate of drug-likeness (QED) is 0.731. The summed E-state index contributed by atoms with van der Waals surface area (Å²) >= 11 is 2.00. The maximum Gasteiger partial charge on any atom is 0.303 e. The van der Waals surface area contributed by atoms with Crippen molar-refractivity contribution in [3.8, 4) is 0 Å². The molecule has 0 amide bonds.